The highest BCUT2D eigenvalue weighted by molar-refractivity contribution is 5.75. The van der Waals surface area contributed by atoms with Gasteiger partial charge < -0.3 is 15.3 Å². The summed E-state index contributed by atoms with van der Waals surface area (Å²) in [5, 5.41) is 12.0. The Morgan fingerprint density at radius 1 is 1.44 bits per heavy atom. The molecular weight excluding hydrogens is 235 g/mol. The number of nitrogens with zero attached hydrogens (tertiary/aromatic N) is 1. The molecule has 1 atom stereocenters. The van der Waals surface area contributed by atoms with E-state index < -0.39 is 17.8 Å². The Labute approximate surface area is 106 Å². The first-order chi connectivity index (χ1) is 8.52. The summed E-state index contributed by atoms with van der Waals surface area (Å²) in [7, 11) is 3.90. The van der Waals surface area contributed by atoms with E-state index in [1.54, 1.807) is 12.1 Å². The van der Waals surface area contributed by atoms with E-state index in [0.29, 0.717) is 6.54 Å². The highest BCUT2D eigenvalue weighted by Gasteiger charge is 2.21. The molecule has 1 rings (SSSR count). The number of halogens is 1. The zero-order valence-electron chi connectivity index (χ0n) is 10.7. The summed E-state index contributed by atoms with van der Waals surface area (Å²) < 4.78 is 13.5. The van der Waals surface area contributed by atoms with E-state index in [1.807, 2.05) is 19.0 Å². The molecule has 0 aliphatic heterocycles. The van der Waals surface area contributed by atoms with E-state index in [4.69, 9.17) is 5.11 Å². The molecule has 0 aromatic heterocycles. The molecule has 0 radical (unpaired) electrons. The molecule has 0 spiro atoms. The van der Waals surface area contributed by atoms with Crippen LogP contribution in [0.5, 0.6) is 0 Å². The fraction of sp³-hybridized carbons (Fsp3) is 0.462. The molecule has 18 heavy (non-hydrogen) atoms. The second-order valence-electron chi connectivity index (χ2n) is 4.40. The molecule has 0 heterocycles. The Balaban J connectivity index is 2.61. The zero-order chi connectivity index (χ0) is 13.5. The van der Waals surface area contributed by atoms with Crippen molar-refractivity contribution >= 4 is 5.97 Å². The number of benzene rings is 1. The maximum atomic E-state index is 13.5. The van der Waals surface area contributed by atoms with Gasteiger partial charge in [0.25, 0.3) is 0 Å². The molecule has 0 aliphatic carbocycles. The lowest BCUT2D eigenvalue weighted by Crippen LogP contribution is -2.31. The average Bonchev–Trinajstić information content (AvgIpc) is 2.30. The fourth-order valence-electron chi connectivity index (χ4n) is 1.68. The van der Waals surface area contributed by atoms with Gasteiger partial charge in [-0.2, -0.15) is 0 Å². The molecular formula is C13H19FN2O2. The van der Waals surface area contributed by atoms with Crippen molar-refractivity contribution in [2.24, 2.45) is 0 Å². The van der Waals surface area contributed by atoms with Gasteiger partial charge in [-0.1, -0.05) is 18.2 Å². The SMILES string of the molecule is CN(C)CCCNC(C(=O)O)c1ccccc1F. The van der Waals surface area contributed by atoms with Crippen LogP contribution >= 0.6 is 0 Å². The van der Waals surface area contributed by atoms with Gasteiger partial charge in [0.05, 0.1) is 0 Å². The van der Waals surface area contributed by atoms with E-state index in [9.17, 15) is 9.18 Å². The van der Waals surface area contributed by atoms with Crippen LogP contribution in [0.3, 0.4) is 0 Å². The molecule has 5 heteroatoms. The monoisotopic (exact) mass is 254 g/mol. The molecule has 0 amide bonds. The maximum absolute atomic E-state index is 13.5. The van der Waals surface area contributed by atoms with Crippen LogP contribution in [0, 0.1) is 5.82 Å². The molecule has 0 aliphatic rings. The van der Waals surface area contributed by atoms with E-state index in [0.717, 1.165) is 13.0 Å². The lowest BCUT2D eigenvalue weighted by atomic mass is 10.1. The Hall–Kier alpha value is -1.46. The topological polar surface area (TPSA) is 52.6 Å². The molecule has 100 valence electrons. The molecule has 2 N–H and O–H groups in total. The van der Waals surface area contributed by atoms with Gasteiger partial charge in [0.2, 0.25) is 0 Å². The molecule has 4 nitrogen and oxygen atoms in total. The van der Waals surface area contributed by atoms with Crippen LogP contribution < -0.4 is 5.32 Å². The van der Waals surface area contributed by atoms with E-state index in [-0.39, 0.29) is 5.56 Å². The fourth-order valence-corrected chi connectivity index (χ4v) is 1.68. The van der Waals surface area contributed by atoms with Gasteiger partial charge in [0.15, 0.2) is 0 Å². The summed E-state index contributed by atoms with van der Waals surface area (Å²) >= 11 is 0. The quantitative estimate of drug-likeness (QED) is 0.724. The van der Waals surface area contributed by atoms with Crippen molar-refractivity contribution in [1.29, 1.82) is 0 Å². The van der Waals surface area contributed by atoms with Crippen molar-refractivity contribution in [2.45, 2.75) is 12.5 Å². The maximum Gasteiger partial charge on any atom is 0.325 e. The summed E-state index contributed by atoms with van der Waals surface area (Å²) in [6.07, 6.45) is 0.811. The lowest BCUT2D eigenvalue weighted by Gasteiger charge is -2.16. The summed E-state index contributed by atoms with van der Waals surface area (Å²) in [5.74, 6) is -1.56. The Morgan fingerprint density at radius 2 is 2.11 bits per heavy atom. The van der Waals surface area contributed by atoms with Crippen LogP contribution in [0.1, 0.15) is 18.0 Å². The number of hydrogen-bond donors (Lipinski definition) is 2. The molecule has 0 bridgehead atoms. The van der Waals surface area contributed by atoms with Gasteiger partial charge in [0, 0.05) is 5.56 Å². The number of rotatable bonds is 7. The molecule has 0 saturated carbocycles. The lowest BCUT2D eigenvalue weighted by molar-refractivity contribution is -0.139. The smallest absolute Gasteiger partial charge is 0.325 e. The van der Waals surface area contributed by atoms with Crippen LogP contribution in [0.25, 0.3) is 0 Å². The third-order valence-electron chi connectivity index (χ3n) is 2.59. The van der Waals surface area contributed by atoms with Gasteiger partial charge in [-0.25, -0.2) is 4.39 Å². The first-order valence-corrected chi connectivity index (χ1v) is 5.87. The Morgan fingerprint density at radius 3 is 2.67 bits per heavy atom. The highest BCUT2D eigenvalue weighted by atomic mass is 19.1. The van der Waals surface area contributed by atoms with Crippen LogP contribution in [-0.4, -0.2) is 43.2 Å². The first-order valence-electron chi connectivity index (χ1n) is 5.87. The number of carboxylic acids is 1. The van der Waals surface area contributed by atoms with E-state index in [1.165, 1.54) is 12.1 Å². The molecule has 0 saturated heterocycles. The highest BCUT2D eigenvalue weighted by Crippen LogP contribution is 2.16. The standard InChI is InChI=1S/C13H19FN2O2/c1-16(2)9-5-8-15-12(13(17)18)10-6-3-4-7-11(10)14/h3-4,6-7,12,15H,5,8-9H2,1-2H3,(H,17,18). The third-order valence-corrected chi connectivity index (χ3v) is 2.59. The van der Waals surface area contributed by atoms with Gasteiger partial charge in [-0.3, -0.25) is 4.79 Å². The third kappa shape index (κ3) is 4.43. The van der Waals surface area contributed by atoms with Crippen LogP contribution in [0.4, 0.5) is 4.39 Å². The average molecular weight is 254 g/mol. The Bertz CT molecular complexity index is 396. The van der Waals surface area contributed by atoms with Gasteiger partial charge in [-0.15, -0.1) is 0 Å². The minimum Gasteiger partial charge on any atom is -0.480 e. The minimum absolute atomic E-state index is 0.176. The van der Waals surface area contributed by atoms with E-state index >= 15 is 0 Å². The largest absolute Gasteiger partial charge is 0.480 e. The number of carbonyl (C=O) groups is 1. The van der Waals surface area contributed by atoms with Crippen molar-refractivity contribution < 1.29 is 14.3 Å². The number of carboxylic acid groups (broad SMARTS) is 1. The number of aliphatic carboxylic acids is 1. The number of nitrogens with one attached hydrogen (secondary N) is 1. The van der Waals surface area contributed by atoms with Crippen LogP contribution in [0.15, 0.2) is 24.3 Å². The predicted molar refractivity (Wildman–Crippen MR) is 68.0 cm³/mol. The Kier molecular flexibility index (Phi) is 5.74. The van der Waals surface area contributed by atoms with Gasteiger partial charge in [0.1, 0.15) is 11.9 Å². The number of hydrogen-bond acceptors (Lipinski definition) is 3. The summed E-state index contributed by atoms with van der Waals surface area (Å²) in [6, 6.07) is 4.95. The van der Waals surface area contributed by atoms with Crippen molar-refractivity contribution in [2.75, 3.05) is 27.2 Å². The molecule has 0 fully saturated rings. The molecule has 1 aromatic carbocycles. The van der Waals surface area contributed by atoms with Crippen molar-refractivity contribution in [1.82, 2.24) is 10.2 Å². The molecule has 1 aromatic rings. The van der Waals surface area contributed by atoms with Crippen molar-refractivity contribution in [3.05, 3.63) is 35.6 Å². The second-order valence-corrected chi connectivity index (χ2v) is 4.40. The minimum atomic E-state index is -1.06. The normalized spacial score (nSPS) is 12.7. The molecule has 1 unspecified atom stereocenters. The van der Waals surface area contributed by atoms with Gasteiger partial charge in [-0.05, 0) is 39.7 Å². The second kappa shape index (κ2) is 7.08. The summed E-state index contributed by atoms with van der Waals surface area (Å²) in [4.78, 5) is 13.2. The van der Waals surface area contributed by atoms with Crippen molar-refractivity contribution in [3.63, 3.8) is 0 Å². The van der Waals surface area contributed by atoms with Gasteiger partial charge >= 0.3 is 5.97 Å². The predicted octanol–water partition coefficient (Wildman–Crippen LogP) is 1.49. The van der Waals surface area contributed by atoms with Crippen molar-refractivity contribution in [3.8, 4) is 0 Å². The van der Waals surface area contributed by atoms with Crippen LogP contribution in [0.2, 0.25) is 0 Å². The zero-order valence-corrected chi connectivity index (χ0v) is 10.7. The first kappa shape index (κ1) is 14.6. The summed E-state index contributed by atoms with van der Waals surface area (Å²) in [5.41, 5.74) is 0.176. The van der Waals surface area contributed by atoms with Crippen LogP contribution in [-0.2, 0) is 4.79 Å². The summed E-state index contributed by atoms with van der Waals surface area (Å²) in [6.45, 7) is 1.39. The van der Waals surface area contributed by atoms with E-state index in [2.05, 4.69) is 5.32 Å².